The second-order valence-electron chi connectivity index (χ2n) is 4.00. The lowest BCUT2D eigenvalue weighted by molar-refractivity contribution is 1.08. The average Bonchev–Trinajstić information content (AvgIpc) is 2.26. The van der Waals surface area contributed by atoms with E-state index in [1.165, 1.54) is 11.3 Å². The van der Waals surface area contributed by atoms with Gasteiger partial charge in [-0.1, -0.05) is 6.07 Å². The van der Waals surface area contributed by atoms with Crippen LogP contribution in [0.25, 0.3) is 0 Å². The maximum Gasteiger partial charge on any atom is 0.0411 e. The predicted molar refractivity (Wildman–Crippen MR) is 72.1 cm³/mol. The summed E-state index contributed by atoms with van der Waals surface area (Å²) in [6.07, 6.45) is 0.891. The zero-order valence-corrected chi connectivity index (χ0v) is 10.6. The molecule has 0 saturated heterocycles. The van der Waals surface area contributed by atoms with Gasteiger partial charge in [0, 0.05) is 38.4 Å². The first-order chi connectivity index (χ1) is 7.65. The first kappa shape index (κ1) is 12.4. The molecule has 1 aromatic carbocycles. The third-order valence-electron chi connectivity index (χ3n) is 2.45. The van der Waals surface area contributed by atoms with E-state index in [1.54, 1.807) is 0 Å². The van der Waals surface area contributed by atoms with Gasteiger partial charge in [0.2, 0.25) is 0 Å². The van der Waals surface area contributed by atoms with Crippen LogP contribution in [0.2, 0.25) is 0 Å². The Kier molecular flexibility index (Phi) is 4.72. The molecule has 1 N–H and O–H groups in total. The molecule has 0 amide bonds. The van der Waals surface area contributed by atoms with Crippen molar-refractivity contribution in [2.45, 2.75) is 20.3 Å². The highest BCUT2D eigenvalue weighted by Crippen LogP contribution is 2.22. The molecule has 0 saturated carbocycles. The Morgan fingerprint density at radius 1 is 1.31 bits per heavy atom. The van der Waals surface area contributed by atoms with Crippen LogP contribution >= 0.6 is 0 Å². The molecule has 16 heavy (non-hydrogen) atoms. The Hall–Kier alpha value is -1.62. The molecule has 0 radical (unpaired) electrons. The van der Waals surface area contributed by atoms with E-state index < -0.39 is 0 Å². The van der Waals surface area contributed by atoms with Crippen molar-refractivity contribution in [1.82, 2.24) is 0 Å². The van der Waals surface area contributed by atoms with Crippen molar-refractivity contribution in [3.8, 4) is 11.8 Å². The normalized spacial score (nSPS) is 9.25. The van der Waals surface area contributed by atoms with Crippen LogP contribution in [0.3, 0.4) is 0 Å². The number of rotatable bonds is 4. The van der Waals surface area contributed by atoms with Gasteiger partial charge in [0.15, 0.2) is 0 Å². The number of hydrogen-bond donors (Lipinski definition) is 1. The third-order valence-corrected chi connectivity index (χ3v) is 2.45. The van der Waals surface area contributed by atoms with Crippen LogP contribution in [0.5, 0.6) is 0 Å². The van der Waals surface area contributed by atoms with Gasteiger partial charge in [-0.05, 0) is 31.5 Å². The predicted octanol–water partition coefficient (Wildman–Crippen LogP) is 2.89. The third kappa shape index (κ3) is 3.51. The van der Waals surface area contributed by atoms with E-state index >= 15 is 0 Å². The summed E-state index contributed by atoms with van der Waals surface area (Å²) in [6.45, 7) is 4.90. The fourth-order valence-corrected chi connectivity index (χ4v) is 1.60. The molecule has 0 aliphatic carbocycles. The fraction of sp³-hybridized carbons (Fsp3) is 0.429. The van der Waals surface area contributed by atoms with E-state index in [1.807, 2.05) is 6.92 Å². The van der Waals surface area contributed by atoms with Crippen LogP contribution in [0.15, 0.2) is 18.2 Å². The topological polar surface area (TPSA) is 15.3 Å². The van der Waals surface area contributed by atoms with E-state index in [4.69, 9.17) is 0 Å². The van der Waals surface area contributed by atoms with Gasteiger partial charge in [-0.25, -0.2) is 0 Å². The van der Waals surface area contributed by atoms with Crippen LogP contribution in [0.1, 0.15) is 18.9 Å². The molecule has 0 heterocycles. The van der Waals surface area contributed by atoms with Crippen LogP contribution in [-0.2, 0) is 0 Å². The van der Waals surface area contributed by atoms with Gasteiger partial charge in [0.1, 0.15) is 0 Å². The molecule has 2 nitrogen and oxygen atoms in total. The van der Waals surface area contributed by atoms with E-state index in [2.05, 4.69) is 61.3 Å². The van der Waals surface area contributed by atoms with Crippen molar-refractivity contribution in [3.05, 3.63) is 23.8 Å². The lowest BCUT2D eigenvalue weighted by atomic mass is 10.1. The molecule has 86 valence electrons. The summed E-state index contributed by atoms with van der Waals surface area (Å²) in [7, 11) is 4.13. The molecular formula is C14H20N2. The molecule has 1 aromatic rings. The van der Waals surface area contributed by atoms with Crippen molar-refractivity contribution < 1.29 is 0 Å². The molecule has 0 atom stereocenters. The van der Waals surface area contributed by atoms with Crippen molar-refractivity contribution in [2.75, 3.05) is 30.9 Å². The molecule has 0 fully saturated rings. The maximum atomic E-state index is 3.37. The number of anilines is 2. The van der Waals surface area contributed by atoms with Crippen molar-refractivity contribution >= 4 is 11.4 Å². The van der Waals surface area contributed by atoms with E-state index in [0.717, 1.165) is 18.7 Å². The molecule has 0 bridgehead atoms. The number of hydrogen-bond acceptors (Lipinski definition) is 2. The zero-order chi connectivity index (χ0) is 12.0. The lowest BCUT2D eigenvalue weighted by Crippen LogP contribution is -2.11. The molecule has 0 aliphatic heterocycles. The molecule has 0 aliphatic rings. The molecule has 0 spiro atoms. The zero-order valence-electron chi connectivity index (χ0n) is 10.6. The Labute approximate surface area is 98.7 Å². The summed E-state index contributed by atoms with van der Waals surface area (Å²) < 4.78 is 0. The summed E-state index contributed by atoms with van der Waals surface area (Å²) in [5, 5.41) is 3.37. The molecular weight excluding hydrogens is 196 g/mol. The summed E-state index contributed by atoms with van der Waals surface area (Å²) in [4.78, 5) is 2.13. The quantitative estimate of drug-likeness (QED) is 0.615. The second kappa shape index (κ2) is 6.07. The first-order valence-corrected chi connectivity index (χ1v) is 5.56. The van der Waals surface area contributed by atoms with Crippen LogP contribution in [0, 0.1) is 18.8 Å². The Bertz CT molecular complexity index is 397. The number of benzene rings is 1. The smallest absolute Gasteiger partial charge is 0.0411 e. The molecule has 1 rings (SSSR count). The molecule has 2 heteroatoms. The SMILES string of the molecule is CC#CCCNc1ccc(C)c(N(C)C)c1. The van der Waals surface area contributed by atoms with Crippen molar-refractivity contribution in [1.29, 1.82) is 0 Å². The van der Waals surface area contributed by atoms with E-state index in [9.17, 15) is 0 Å². The van der Waals surface area contributed by atoms with Gasteiger partial charge in [0.25, 0.3) is 0 Å². The fourth-order valence-electron chi connectivity index (χ4n) is 1.60. The van der Waals surface area contributed by atoms with Gasteiger partial charge < -0.3 is 10.2 Å². The Morgan fingerprint density at radius 3 is 2.69 bits per heavy atom. The Morgan fingerprint density at radius 2 is 2.06 bits per heavy atom. The molecule has 0 unspecified atom stereocenters. The van der Waals surface area contributed by atoms with E-state index in [-0.39, 0.29) is 0 Å². The van der Waals surface area contributed by atoms with Crippen LogP contribution < -0.4 is 10.2 Å². The van der Waals surface area contributed by atoms with Gasteiger partial charge in [0.05, 0.1) is 0 Å². The number of aryl methyl sites for hydroxylation is 1. The lowest BCUT2D eigenvalue weighted by Gasteiger charge is -2.17. The summed E-state index contributed by atoms with van der Waals surface area (Å²) in [5.41, 5.74) is 3.71. The summed E-state index contributed by atoms with van der Waals surface area (Å²) in [5.74, 6) is 5.94. The largest absolute Gasteiger partial charge is 0.384 e. The maximum absolute atomic E-state index is 3.37. The summed E-state index contributed by atoms with van der Waals surface area (Å²) >= 11 is 0. The summed E-state index contributed by atoms with van der Waals surface area (Å²) in [6, 6.07) is 6.43. The average molecular weight is 216 g/mol. The number of nitrogens with one attached hydrogen (secondary N) is 1. The minimum atomic E-state index is 0.891. The number of nitrogens with zero attached hydrogens (tertiary/aromatic N) is 1. The van der Waals surface area contributed by atoms with Gasteiger partial charge in [-0.2, -0.15) is 0 Å². The van der Waals surface area contributed by atoms with Crippen LogP contribution in [-0.4, -0.2) is 20.6 Å². The van der Waals surface area contributed by atoms with Crippen LogP contribution in [0.4, 0.5) is 11.4 Å². The molecule has 0 aromatic heterocycles. The monoisotopic (exact) mass is 216 g/mol. The highest BCUT2D eigenvalue weighted by molar-refractivity contribution is 5.61. The van der Waals surface area contributed by atoms with E-state index in [0.29, 0.717) is 0 Å². The van der Waals surface area contributed by atoms with Crippen molar-refractivity contribution in [2.24, 2.45) is 0 Å². The Balaban J connectivity index is 2.66. The minimum absolute atomic E-state index is 0.891. The minimum Gasteiger partial charge on any atom is -0.384 e. The standard InChI is InChI=1S/C14H20N2/c1-5-6-7-10-15-13-9-8-12(2)14(11-13)16(3)4/h8-9,11,15H,7,10H2,1-4H3. The second-order valence-corrected chi connectivity index (χ2v) is 4.00. The highest BCUT2D eigenvalue weighted by Gasteiger charge is 2.01. The highest BCUT2D eigenvalue weighted by atomic mass is 15.1. The van der Waals surface area contributed by atoms with Gasteiger partial charge in [-0.15, -0.1) is 11.8 Å². The first-order valence-electron chi connectivity index (χ1n) is 5.56. The van der Waals surface area contributed by atoms with Crippen molar-refractivity contribution in [3.63, 3.8) is 0 Å². The van der Waals surface area contributed by atoms with Gasteiger partial charge >= 0.3 is 0 Å². The van der Waals surface area contributed by atoms with Gasteiger partial charge in [-0.3, -0.25) is 0 Å².